The minimum Gasteiger partial charge on any atom is -0.371 e. The van der Waals surface area contributed by atoms with Crippen molar-refractivity contribution in [2.75, 3.05) is 30.1 Å². The van der Waals surface area contributed by atoms with E-state index in [4.69, 9.17) is 20.1 Å². The summed E-state index contributed by atoms with van der Waals surface area (Å²) in [5.74, 6) is -0.703. The normalized spacial score (nSPS) is 30.5. The fourth-order valence-electron chi connectivity index (χ4n) is 2.87. The van der Waals surface area contributed by atoms with E-state index in [9.17, 15) is 14.2 Å². The third-order valence-electron chi connectivity index (χ3n) is 4.04. The number of nitrogens with one attached hydrogen (secondary N) is 3. The highest BCUT2D eigenvalue weighted by Crippen LogP contribution is 2.38. The van der Waals surface area contributed by atoms with E-state index in [0.29, 0.717) is 0 Å². The van der Waals surface area contributed by atoms with E-state index in [1.165, 1.54) is 7.11 Å². The molecule has 0 spiro atoms. The number of rotatable bonds is 5. The molecule has 3 heterocycles. The van der Waals surface area contributed by atoms with Gasteiger partial charge < -0.3 is 25.8 Å². The van der Waals surface area contributed by atoms with E-state index in [1.54, 1.807) is 0 Å². The number of carbonyl (C=O) groups is 1. The second-order valence-electron chi connectivity index (χ2n) is 5.48. The van der Waals surface area contributed by atoms with Gasteiger partial charge in [-0.05, 0) is 6.72 Å². The summed E-state index contributed by atoms with van der Waals surface area (Å²) in [5.41, 5.74) is 3.05. The van der Waals surface area contributed by atoms with E-state index in [1.807, 2.05) is 0 Å². The number of aliphatic imine (C=N–C) groups is 1. The lowest BCUT2D eigenvalue weighted by Gasteiger charge is -2.47. The van der Waals surface area contributed by atoms with Gasteiger partial charge in [0, 0.05) is 11.7 Å². The molecule has 13 nitrogen and oxygen atoms in total. The number of nitrogens with zero attached hydrogens (tertiary/aromatic N) is 2. The lowest BCUT2D eigenvalue weighted by Crippen LogP contribution is -2.71. The molecule has 140 valence electrons. The quantitative estimate of drug-likeness (QED) is 0.294. The molecule has 3 rings (SSSR count). The molecular weight excluding hydrogens is 371 g/mol. The zero-order valence-electron chi connectivity index (χ0n) is 13.5. The van der Waals surface area contributed by atoms with E-state index >= 15 is 0 Å². The number of nitrogens with two attached hydrogens (primary N) is 1. The topological polar surface area (TPSA) is 190 Å². The van der Waals surface area contributed by atoms with Gasteiger partial charge >= 0.3 is 8.25 Å². The Bertz CT molecular complexity index is 831. The smallest absolute Gasteiger partial charge is 0.371 e. The highest BCUT2D eigenvalue weighted by atomic mass is 31.1. The molecule has 1 fully saturated rings. The lowest BCUT2D eigenvalue weighted by atomic mass is 9.90. The summed E-state index contributed by atoms with van der Waals surface area (Å²) in [4.78, 5) is 44.0. The number of aromatic amines is 1. The number of anilines is 3. The Morgan fingerprint density at radius 2 is 2.27 bits per heavy atom. The average molecular weight is 387 g/mol. The van der Waals surface area contributed by atoms with Crippen molar-refractivity contribution in [1.82, 2.24) is 9.97 Å². The Labute approximate surface area is 146 Å². The highest BCUT2D eigenvalue weighted by Gasteiger charge is 2.59. The second kappa shape index (κ2) is 6.70. The molecule has 0 bridgehead atoms. The molecule has 0 radical (unpaired) electrons. The fourth-order valence-corrected chi connectivity index (χ4v) is 3.15. The van der Waals surface area contributed by atoms with Crippen molar-refractivity contribution in [3.05, 3.63) is 10.4 Å². The van der Waals surface area contributed by atoms with Gasteiger partial charge in [-0.3, -0.25) is 19.6 Å². The number of hydrogen-bond acceptors (Lipinski definition) is 11. The molecule has 14 heteroatoms. The van der Waals surface area contributed by atoms with Crippen LogP contribution in [0.4, 0.5) is 17.5 Å². The first-order valence-corrected chi connectivity index (χ1v) is 8.39. The standard InChI is InChI=1S/C12H15N6O7P/c1-14-12-7(19)6(23-2)4(3-24-26(21)22)25-10(12)15-8-5(18-12)9(20)17-11(13)16-8/h4,6,10,18H,1,3H2,2H3,(H4-,13,15,16,17,20,21,22)/p+1. The van der Waals surface area contributed by atoms with Crippen molar-refractivity contribution in [2.24, 2.45) is 4.99 Å². The van der Waals surface area contributed by atoms with Gasteiger partial charge in [0.15, 0.2) is 12.0 Å². The molecule has 5 atom stereocenters. The predicted octanol–water partition coefficient (Wildman–Crippen LogP) is -1.44. The molecule has 2 aliphatic rings. The number of ketones is 1. The summed E-state index contributed by atoms with van der Waals surface area (Å²) in [7, 11) is -1.63. The maximum absolute atomic E-state index is 13.0. The Morgan fingerprint density at radius 3 is 2.88 bits per heavy atom. The molecule has 6 N–H and O–H groups in total. The van der Waals surface area contributed by atoms with Crippen LogP contribution < -0.4 is 21.9 Å². The zero-order valence-corrected chi connectivity index (χ0v) is 14.4. The third kappa shape index (κ3) is 2.85. The van der Waals surface area contributed by atoms with Gasteiger partial charge in [-0.15, -0.1) is 9.42 Å². The number of nitrogen functional groups attached to an aromatic ring is 1. The summed E-state index contributed by atoms with van der Waals surface area (Å²) in [6.07, 6.45) is -3.36. The van der Waals surface area contributed by atoms with Crippen LogP contribution in [0.15, 0.2) is 9.79 Å². The maximum atomic E-state index is 13.0. The first-order valence-electron chi connectivity index (χ1n) is 7.26. The Hall–Kier alpha value is -2.44. The van der Waals surface area contributed by atoms with Crippen molar-refractivity contribution < 1.29 is 28.3 Å². The molecule has 0 aliphatic carbocycles. The zero-order chi connectivity index (χ0) is 19.1. The summed E-state index contributed by atoms with van der Waals surface area (Å²) < 4.78 is 26.3. The van der Waals surface area contributed by atoms with Crippen molar-refractivity contribution >= 4 is 38.2 Å². The Balaban J connectivity index is 2.01. The largest absolute Gasteiger partial charge is 0.694 e. The SMILES string of the molecule is C=NC12Nc3c(nc(N)[nH]c3=O)NC1OC(CO[P+](=O)O)C(OC)C2=O. The molecule has 0 amide bonds. The highest BCUT2D eigenvalue weighted by molar-refractivity contribution is 7.32. The number of Topliss-reactive ketones (excluding diaryl/α,β-unsaturated/α-hetero) is 1. The number of H-pyrrole nitrogens is 1. The second-order valence-corrected chi connectivity index (χ2v) is 6.21. The van der Waals surface area contributed by atoms with Crippen LogP contribution >= 0.6 is 8.25 Å². The summed E-state index contributed by atoms with van der Waals surface area (Å²) in [5, 5.41) is 5.47. The van der Waals surface area contributed by atoms with E-state index in [0.717, 1.165) is 0 Å². The van der Waals surface area contributed by atoms with E-state index in [2.05, 4.69) is 36.8 Å². The molecule has 0 aromatic carbocycles. The molecule has 0 saturated carbocycles. The third-order valence-corrected chi connectivity index (χ3v) is 4.41. The molecule has 2 aliphatic heterocycles. The van der Waals surface area contributed by atoms with Gasteiger partial charge in [0.1, 0.15) is 24.5 Å². The Kier molecular flexibility index (Phi) is 4.73. The molecule has 5 unspecified atom stereocenters. The number of aromatic nitrogens is 2. The molecular formula is C12H16N6O7P+. The van der Waals surface area contributed by atoms with E-state index in [-0.39, 0.29) is 24.1 Å². The minimum absolute atomic E-state index is 0.0482. The molecule has 1 aromatic heterocycles. The summed E-state index contributed by atoms with van der Waals surface area (Å²) >= 11 is 0. The first kappa shape index (κ1) is 18.4. The minimum atomic E-state index is -2.89. The van der Waals surface area contributed by atoms with Crippen LogP contribution in [-0.2, 0) is 23.4 Å². The van der Waals surface area contributed by atoms with Crippen LogP contribution in [-0.4, -0.2) is 65.2 Å². The maximum Gasteiger partial charge on any atom is 0.694 e. The van der Waals surface area contributed by atoms with Crippen LogP contribution in [0, 0.1) is 0 Å². The lowest BCUT2D eigenvalue weighted by molar-refractivity contribution is -0.176. The van der Waals surface area contributed by atoms with Crippen LogP contribution in [0.2, 0.25) is 0 Å². The number of methoxy groups -OCH3 is 1. The van der Waals surface area contributed by atoms with Gasteiger partial charge in [-0.25, -0.2) is 0 Å². The molecule has 26 heavy (non-hydrogen) atoms. The van der Waals surface area contributed by atoms with Gasteiger partial charge in [0.2, 0.25) is 17.4 Å². The van der Waals surface area contributed by atoms with Gasteiger partial charge in [0.05, 0.1) is 0 Å². The van der Waals surface area contributed by atoms with Crippen molar-refractivity contribution in [3.8, 4) is 0 Å². The van der Waals surface area contributed by atoms with Gasteiger partial charge in [-0.2, -0.15) is 4.98 Å². The average Bonchev–Trinajstić information content (AvgIpc) is 2.59. The monoisotopic (exact) mass is 387 g/mol. The fraction of sp³-hybridized carbons (Fsp3) is 0.500. The molecule has 1 saturated heterocycles. The van der Waals surface area contributed by atoms with Crippen molar-refractivity contribution in [2.45, 2.75) is 24.1 Å². The van der Waals surface area contributed by atoms with Crippen molar-refractivity contribution in [1.29, 1.82) is 0 Å². The first-order chi connectivity index (χ1) is 12.3. The summed E-state index contributed by atoms with van der Waals surface area (Å²) in [6, 6.07) is 0. The number of hydrogen-bond donors (Lipinski definition) is 5. The van der Waals surface area contributed by atoms with E-state index < -0.39 is 43.7 Å². The van der Waals surface area contributed by atoms with Crippen LogP contribution in [0.3, 0.4) is 0 Å². The van der Waals surface area contributed by atoms with Crippen LogP contribution in [0.5, 0.6) is 0 Å². The van der Waals surface area contributed by atoms with Crippen molar-refractivity contribution in [3.63, 3.8) is 0 Å². The van der Waals surface area contributed by atoms with Gasteiger partial charge in [-0.1, -0.05) is 0 Å². The summed E-state index contributed by atoms with van der Waals surface area (Å²) in [6.45, 7) is 3.02. The number of carbonyl (C=O) groups excluding carboxylic acids is 1. The van der Waals surface area contributed by atoms with Gasteiger partial charge in [0.25, 0.3) is 5.56 Å². The van der Waals surface area contributed by atoms with Crippen LogP contribution in [0.25, 0.3) is 0 Å². The molecule has 1 aromatic rings. The number of fused-ring (bicyclic) bond motifs is 2. The Morgan fingerprint density at radius 1 is 1.54 bits per heavy atom. The predicted molar refractivity (Wildman–Crippen MR) is 89.0 cm³/mol. The van der Waals surface area contributed by atoms with Crippen LogP contribution in [0.1, 0.15) is 0 Å². The number of ether oxygens (including phenoxy) is 2.